The molecule has 0 amide bonds. The first kappa shape index (κ1) is 15.0. The van der Waals surface area contributed by atoms with Crippen LogP contribution in [0.5, 0.6) is 0 Å². The Kier molecular flexibility index (Phi) is 10.2. The summed E-state index contributed by atoms with van der Waals surface area (Å²) in [4.78, 5) is 25.6. The van der Waals surface area contributed by atoms with E-state index in [9.17, 15) is 0 Å². The zero-order valence-corrected chi connectivity index (χ0v) is 10.6. The first-order chi connectivity index (χ1) is 5.00. The van der Waals surface area contributed by atoms with Gasteiger partial charge in [-0.05, 0) is 0 Å². The molecule has 0 aliphatic carbocycles. The maximum absolute atomic E-state index is 8.55. The van der Waals surface area contributed by atoms with E-state index in [-0.39, 0.29) is 35.6 Å². The van der Waals surface area contributed by atoms with Gasteiger partial charge in [0.15, 0.2) is 0 Å². The molecule has 4 nitrogen and oxygen atoms in total. The normalized spacial score (nSPS) is 8.92. The van der Waals surface area contributed by atoms with Crippen LogP contribution < -0.4 is 14.7 Å². The smallest absolute Gasteiger partial charge is 0.822 e. The summed E-state index contributed by atoms with van der Waals surface area (Å²) in [6.07, 6.45) is 0. The summed E-state index contributed by atoms with van der Waals surface area (Å²) in [5, 5.41) is 0. The molecular weight excluding hydrogens is 306 g/mol. The van der Waals surface area contributed by atoms with Crippen molar-refractivity contribution >= 4 is 7.82 Å². The Labute approximate surface area is 98.5 Å². The Morgan fingerprint density at radius 2 is 1.33 bits per heavy atom. The van der Waals surface area contributed by atoms with Crippen LogP contribution in [0.1, 0.15) is 0 Å². The maximum Gasteiger partial charge on any atom is 3.00 e. The molecule has 0 bridgehead atoms. The van der Waals surface area contributed by atoms with Gasteiger partial charge in [0.2, 0.25) is 0 Å². The third kappa shape index (κ3) is 22.4. The van der Waals surface area contributed by atoms with E-state index in [1.165, 1.54) is 0 Å². The number of benzene rings is 1. The third-order valence-electron chi connectivity index (χ3n) is 0.607. The summed E-state index contributed by atoms with van der Waals surface area (Å²) in [7, 11) is -5.39. The molecule has 1 aromatic carbocycles. The molecule has 12 heavy (non-hydrogen) atoms. The molecule has 0 saturated heterocycles. The first-order valence-electron chi connectivity index (χ1n) is 2.64. The molecule has 0 fully saturated rings. The van der Waals surface area contributed by atoms with Gasteiger partial charge in [-0.1, -0.05) is 0 Å². The van der Waals surface area contributed by atoms with Gasteiger partial charge in [-0.25, -0.2) is 0 Å². The van der Waals surface area contributed by atoms with Gasteiger partial charge in [0, 0.05) is 0 Å². The van der Waals surface area contributed by atoms with E-state index in [4.69, 9.17) is 19.2 Å². The van der Waals surface area contributed by atoms with Crippen LogP contribution in [-0.2, 0) is 4.57 Å². The van der Waals surface area contributed by atoms with E-state index in [0.717, 1.165) is 0 Å². The van der Waals surface area contributed by atoms with Gasteiger partial charge in [0.25, 0.3) is 0 Å². The van der Waals surface area contributed by atoms with Gasteiger partial charge in [-0.3, -0.25) is 0 Å². The third-order valence-corrected chi connectivity index (χ3v) is 0.607. The molecule has 62 valence electrons. The number of hydrogen-bond donors (Lipinski definition) is 0. The molecule has 0 aromatic heterocycles. The van der Waals surface area contributed by atoms with Gasteiger partial charge in [-0.2, -0.15) is 44.2 Å². The summed E-state index contributed by atoms with van der Waals surface area (Å²) in [6, 6.07) is 12.5. The second kappa shape index (κ2) is 8.14. The fourth-order valence-electron chi connectivity index (χ4n) is 0.342. The predicted molar refractivity (Wildman–Crippen MR) is 32.9 cm³/mol. The minimum Gasteiger partial charge on any atom is -0.822 e. The van der Waals surface area contributed by atoms with E-state index < -0.39 is 7.82 Å². The Hall–Kier alpha value is 0.525. The Balaban J connectivity index is 0. The van der Waals surface area contributed by atoms with Crippen molar-refractivity contribution in [2.24, 2.45) is 0 Å². The van der Waals surface area contributed by atoms with Crippen LogP contribution in [0, 0.1) is 41.7 Å². The van der Waals surface area contributed by atoms with Crippen LogP contribution in [0.3, 0.4) is 0 Å². The molecule has 0 atom stereocenters. The minimum atomic E-state index is -5.39. The maximum atomic E-state index is 8.55. The molecule has 0 heterocycles. The van der Waals surface area contributed by atoms with Crippen molar-refractivity contribution in [1.29, 1.82) is 0 Å². The van der Waals surface area contributed by atoms with E-state index in [1.807, 2.05) is 30.3 Å². The van der Waals surface area contributed by atoms with Crippen LogP contribution in [-0.4, -0.2) is 0 Å². The van der Waals surface area contributed by atoms with Crippen LogP contribution in [0.4, 0.5) is 0 Å². The van der Waals surface area contributed by atoms with Gasteiger partial charge in [-0.15, -0.1) is 0 Å². The zero-order chi connectivity index (χ0) is 8.74. The van der Waals surface area contributed by atoms with Crippen molar-refractivity contribution in [3.63, 3.8) is 0 Å². The van der Waals surface area contributed by atoms with E-state index in [0.29, 0.717) is 0 Å². The zero-order valence-electron chi connectivity index (χ0n) is 6.04. The topological polar surface area (TPSA) is 86.2 Å². The monoisotopic (exact) mass is 311 g/mol. The molecule has 0 unspecified atom stereocenters. The van der Waals surface area contributed by atoms with Crippen molar-refractivity contribution < 1.29 is 54.8 Å². The molecule has 1 aromatic rings. The summed E-state index contributed by atoms with van der Waals surface area (Å²) in [6.45, 7) is 0. The predicted octanol–water partition coefficient (Wildman–Crippen LogP) is -1.34. The number of hydrogen-bond acceptors (Lipinski definition) is 4. The number of phosphoric acid groups is 1. The van der Waals surface area contributed by atoms with Crippen LogP contribution in [0.25, 0.3) is 0 Å². The molecule has 6 heteroatoms. The molecule has 0 saturated carbocycles. The summed E-state index contributed by atoms with van der Waals surface area (Å²) < 4.78 is 8.55. The Morgan fingerprint density at radius 3 is 1.42 bits per heavy atom. The van der Waals surface area contributed by atoms with Crippen molar-refractivity contribution in [2.45, 2.75) is 0 Å². The SMILES string of the molecule is O=P([O-])([O-])[O-].[La+3].[c-]1ccccc1. The summed E-state index contributed by atoms with van der Waals surface area (Å²) in [5.41, 5.74) is 0. The molecule has 0 spiro atoms. The van der Waals surface area contributed by atoms with Gasteiger partial charge in [0.1, 0.15) is 0 Å². The van der Waals surface area contributed by atoms with E-state index >= 15 is 0 Å². The van der Waals surface area contributed by atoms with Crippen molar-refractivity contribution in [2.75, 3.05) is 0 Å². The Morgan fingerprint density at radius 1 is 1.00 bits per heavy atom. The molecule has 0 radical (unpaired) electrons. The standard InChI is InChI=1S/C6H5.La.H3O4P/c1-2-4-6-5-3-1;;1-5(2,3)4/h1-5H;;(H3,1,2,3,4)/q-1;+3;/p-3. The molecule has 0 N–H and O–H groups in total. The Bertz CT molecular complexity index is 187. The minimum absolute atomic E-state index is 0. The van der Waals surface area contributed by atoms with Gasteiger partial charge < -0.3 is 19.2 Å². The van der Waals surface area contributed by atoms with Crippen molar-refractivity contribution in [3.05, 3.63) is 36.4 Å². The quantitative estimate of drug-likeness (QED) is 0.438. The van der Waals surface area contributed by atoms with Gasteiger partial charge in [0.05, 0.1) is 0 Å². The molecule has 0 aliphatic rings. The fraction of sp³-hybridized carbons (Fsp3) is 0. The average Bonchev–Trinajstić information content (AvgIpc) is 1.88. The number of rotatable bonds is 0. The fourth-order valence-corrected chi connectivity index (χ4v) is 0.342. The average molecular weight is 311 g/mol. The molecule has 1 rings (SSSR count). The van der Waals surface area contributed by atoms with Crippen molar-refractivity contribution in [3.8, 4) is 0 Å². The summed E-state index contributed by atoms with van der Waals surface area (Å²) in [5.74, 6) is 0. The molecular formula is C6H5LaO4P-. The second-order valence-corrected chi connectivity index (χ2v) is 2.42. The second-order valence-electron chi connectivity index (χ2n) is 1.52. The van der Waals surface area contributed by atoms with E-state index in [2.05, 4.69) is 6.07 Å². The summed E-state index contributed by atoms with van der Waals surface area (Å²) >= 11 is 0. The largest absolute Gasteiger partial charge is 3.00 e. The van der Waals surface area contributed by atoms with E-state index in [1.54, 1.807) is 0 Å². The van der Waals surface area contributed by atoms with Crippen LogP contribution in [0.2, 0.25) is 0 Å². The van der Waals surface area contributed by atoms with Gasteiger partial charge >= 0.3 is 35.6 Å². The molecule has 0 aliphatic heterocycles. The van der Waals surface area contributed by atoms with Crippen molar-refractivity contribution in [1.82, 2.24) is 0 Å². The first-order valence-corrected chi connectivity index (χ1v) is 4.10. The van der Waals surface area contributed by atoms with Crippen LogP contribution in [0.15, 0.2) is 30.3 Å². The van der Waals surface area contributed by atoms with Crippen LogP contribution >= 0.6 is 7.82 Å².